The van der Waals surface area contributed by atoms with Gasteiger partial charge in [-0.15, -0.1) is 0 Å². The number of hydrogen-bond acceptors (Lipinski definition) is 7. The van der Waals surface area contributed by atoms with Gasteiger partial charge in [0.25, 0.3) is 0 Å². The molecule has 0 saturated heterocycles. The first-order valence-electron chi connectivity index (χ1n) is 10.2. The maximum Gasteiger partial charge on any atom is 0.343 e. The van der Waals surface area contributed by atoms with Crippen LogP contribution in [0.5, 0.6) is 28.7 Å². The van der Waals surface area contributed by atoms with Crippen LogP contribution in [0, 0.1) is 6.92 Å². The summed E-state index contributed by atoms with van der Waals surface area (Å²) in [4.78, 5) is 25.6. The molecule has 0 saturated carbocycles. The first-order chi connectivity index (χ1) is 16.3. The van der Waals surface area contributed by atoms with Crippen LogP contribution in [0.4, 0.5) is 0 Å². The normalized spacial score (nSPS) is 13.3. The predicted molar refractivity (Wildman–Crippen MR) is 127 cm³/mol. The van der Waals surface area contributed by atoms with Gasteiger partial charge in [-0.2, -0.15) is 0 Å². The molecule has 0 N–H and O–H groups in total. The Morgan fingerprint density at radius 2 is 1.65 bits per heavy atom. The fraction of sp³-hybridized carbons (Fsp3) is 0.154. The van der Waals surface area contributed by atoms with Crippen LogP contribution in [0.15, 0.2) is 54.3 Å². The molecule has 0 radical (unpaired) electrons. The highest BCUT2D eigenvalue weighted by atomic mass is 35.5. The number of Topliss-reactive ketones (excluding diaryl/α,β-unsaturated/α-hetero) is 1. The van der Waals surface area contributed by atoms with Gasteiger partial charge in [0.1, 0.15) is 17.2 Å². The van der Waals surface area contributed by atoms with Gasteiger partial charge in [-0.3, -0.25) is 4.79 Å². The van der Waals surface area contributed by atoms with E-state index in [1.54, 1.807) is 49.4 Å². The van der Waals surface area contributed by atoms with Gasteiger partial charge in [0.05, 0.1) is 32.5 Å². The standard InChI is InChI=1S/C26H21ClO7/c1-14-8-18(33-26(29)15-6-5-7-17(27)9-15)12-22-24(14)25(28)23(34-22)11-16-10-20(31-3)21(32-4)13-19(16)30-2/h5-13H,1-4H3/b23-11-. The summed E-state index contributed by atoms with van der Waals surface area (Å²) < 4.78 is 27.4. The quantitative estimate of drug-likeness (QED) is 0.261. The van der Waals surface area contributed by atoms with Gasteiger partial charge < -0.3 is 23.7 Å². The smallest absolute Gasteiger partial charge is 0.343 e. The lowest BCUT2D eigenvalue weighted by Crippen LogP contribution is -2.08. The molecule has 0 atom stereocenters. The first kappa shape index (κ1) is 23.2. The van der Waals surface area contributed by atoms with Crippen LogP contribution in [0.3, 0.4) is 0 Å². The Balaban J connectivity index is 1.65. The van der Waals surface area contributed by atoms with Crippen molar-refractivity contribution in [3.63, 3.8) is 0 Å². The molecule has 0 amide bonds. The number of esters is 1. The minimum Gasteiger partial charge on any atom is -0.496 e. The van der Waals surface area contributed by atoms with E-state index in [2.05, 4.69) is 0 Å². The number of hydrogen-bond donors (Lipinski definition) is 0. The van der Waals surface area contributed by atoms with Crippen molar-refractivity contribution >= 4 is 29.4 Å². The topological polar surface area (TPSA) is 80.3 Å². The lowest BCUT2D eigenvalue weighted by Gasteiger charge is -2.12. The SMILES string of the molecule is COc1cc(OC)c(OC)cc1/C=C1\Oc2cc(OC(=O)c3cccc(Cl)c3)cc(C)c2C1=O. The van der Waals surface area contributed by atoms with E-state index >= 15 is 0 Å². The van der Waals surface area contributed by atoms with Gasteiger partial charge in [-0.05, 0) is 48.9 Å². The largest absolute Gasteiger partial charge is 0.496 e. The van der Waals surface area contributed by atoms with E-state index in [4.69, 9.17) is 35.3 Å². The molecular weight excluding hydrogens is 460 g/mol. The molecule has 0 unspecified atom stereocenters. The monoisotopic (exact) mass is 480 g/mol. The van der Waals surface area contributed by atoms with Crippen molar-refractivity contribution in [2.24, 2.45) is 0 Å². The van der Waals surface area contributed by atoms with Gasteiger partial charge in [0.15, 0.2) is 17.3 Å². The number of fused-ring (bicyclic) bond motifs is 1. The van der Waals surface area contributed by atoms with Crippen molar-refractivity contribution in [2.45, 2.75) is 6.92 Å². The predicted octanol–water partition coefficient (Wildman–Crippen LogP) is 5.51. The van der Waals surface area contributed by atoms with Crippen molar-refractivity contribution in [3.05, 3.63) is 81.6 Å². The van der Waals surface area contributed by atoms with Crippen molar-refractivity contribution in [1.82, 2.24) is 0 Å². The minimum absolute atomic E-state index is 0.0990. The van der Waals surface area contributed by atoms with Crippen LogP contribution >= 0.6 is 11.6 Å². The van der Waals surface area contributed by atoms with Gasteiger partial charge in [-0.25, -0.2) is 4.79 Å². The zero-order valence-electron chi connectivity index (χ0n) is 18.9. The summed E-state index contributed by atoms with van der Waals surface area (Å²) in [5.74, 6) is 1.22. The third-order valence-corrected chi connectivity index (χ3v) is 5.47. The van der Waals surface area contributed by atoms with E-state index in [0.29, 0.717) is 50.3 Å². The molecule has 174 valence electrons. The molecule has 0 bridgehead atoms. The number of ether oxygens (including phenoxy) is 5. The van der Waals surface area contributed by atoms with Crippen molar-refractivity contribution < 1.29 is 33.3 Å². The van der Waals surface area contributed by atoms with E-state index in [1.165, 1.54) is 33.5 Å². The van der Waals surface area contributed by atoms with Gasteiger partial charge in [0, 0.05) is 22.7 Å². The second kappa shape index (κ2) is 9.49. The summed E-state index contributed by atoms with van der Waals surface area (Å²) in [5.41, 5.74) is 1.89. The molecule has 3 aromatic carbocycles. The van der Waals surface area contributed by atoms with Crippen LogP contribution in [-0.4, -0.2) is 33.1 Å². The first-order valence-corrected chi connectivity index (χ1v) is 10.6. The molecular formula is C26H21ClO7. The number of ketones is 1. The molecule has 0 fully saturated rings. The van der Waals surface area contributed by atoms with Gasteiger partial charge in [-0.1, -0.05) is 17.7 Å². The zero-order valence-corrected chi connectivity index (χ0v) is 19.7. The van der Waals surface area contributed by atoms with Crippen LogP contribution in [-0.2, 0) is 0 Å². The molecule has 34 heavy (non-hydrogen) atoms. The average molecular weight is 481 g/mol. The second-order valence-corrected chi connectivity index (χ2v) is 7.84. The Morgan fingerprint density at radius 3 is 2.32 bits per heavy atom. The van der Waals surface area contributed by atoms with Crippen molar-refractivity contribution in [3.8, 4) is 28.7 Å². The van der Waals surface area contributed by atoms with Crippen molar-refractivity contribution in [1.29, 1.82) is 0 Å². The number of carbonyl (C=O) groups is 2. The maximum atomic E-state index is 13.1. The molecule has 8 heteroatoms. The summed E-state index contributed by atoms with van der Waals surface area (Å²) in [6.45, 7) is 1.75. The summed E-state index contributed by atoms with van der Waals surface area (Å²) in [5, 5.41) is 0.425. The van der Waals surface area contributed by atoms with Crippen molar-refractivity contribution in [2.75, 3.05) is 21.3 Å². The van der Waals surface area contributed by atoms with Gasteiger partial charge >= 0.3 is 5.97 Å². The third-order valence-electron chi connectivity index (χ3n) is 5.24. The summed E-state index contributed by atoms with van der Waals surface area (Å²) >= 11 is 5.95. The highest BCUT2D eigenvalue weighted by molar-refractivity contribution is 6.30. The van der Waals surface area contributed by atoms with E-state index in [9.17, 15) is 9.59 Å². The van der Waals surface area contributed by atoms with E-state index in [0.717, 1.165) is 0 Å². The second-order valence-electron chi connectivity index (χ2n) is 7.40. The fourth-order valence-corrected chi connectivity index (χ4v) is 3.81. The van der Waals surface area contributed by atoms with E-state index in [1.807, 2.05) is 0 Å². The molecule has 0 aliphatic carbocycles. The molecule has 1 aliphatic rings. The maximum absolute atomic E-state index is 13.1. The molecule has 4 rings (SSSR count). The number of aryl methyl sites for hydroxylation is 1. The Bertz CT molecular complexity index is 1330. The van der Waals surface area contributed by atoms with E-state index in [-0.39, 0.29) is 17.3 Å². The van der Waals surface area contributed by atoms with E-state index < -0.39 is 5.97 Å². The lowest BCUT2D eigenvalue weighted by molar-refractivity contribution is 0.0734. The third kappa shape index (κ3) is 4.43. The Morgan fingerprint density at radius 1 is 0.941 bits per heavy atom. The molecule has 7 nitrogen and oxygen atoms in total. The summed E-state index contributed by atoms with van der Waals surface area (Å²) in [6.07, 6.45) is 1.57. The molecule has 3 aromatic rings. The summed E-state index contributed by atoms with van der Waals surface area (Å²) in [6, 6.07) is 12.9. The van der Waals surface area contributed by atoms with Crippen LogP contribution in [0.1, 0.15) is 31.8 Å². The number of carbonyl (C=O) groups excluding carboxylic acids is 2. The Labute approximate surface area is 201 Å². The van der Waals surface area contributed by atoms with Gasteiger partial charge in [0.2, 0.25) is 5.78 Å². The Kier molecular flexibility index (Phi) is 6.47. The zero-order chi connectivity index (χ0) is 24.4. The fourth-order valence-electron chi connectivity index (χ4n) is 3.62. The molecule has 0 spiro atoms. The highest BCUT2D eigenvalue weighted by Gasteiger charge is 2.31. The highest BCUT2D eigenvalue weighted by Crippen LogP contribution is 2.40. The molecule has 1 heterocycles. The van der Waals surface area contributed by atoms with Crippen LogP contribution < -0.4 is 23.7 Å². The number of methoxy groups -OCH3 is 3. The number of allylic oxidation sites excluding steroid dienone is 1. The number of benzene rings is 3. The molecule has 0 aromatic heterocycles. The minimum atomic E-state index is -0.572. The molecule has 1 aliphatic heterocycles. The summed E-state index contributed by atoms with van der Waals surface area (Å²) in [7, 11) is 4.55. The number of rotatable bonds is 6. The van der Waals surface area contributed by atoms with Crippen LogP contribution in [0.2, 0.25) is 5.02 Å². The lowest BCUT2D eigenvalue weighted by atomic mass is 10.0. The number of halogens is 1. The Hall–Kier alpha value is -3.97. The van der Waals surface area contributed by atoms with Crippen LogP contribution in [0.25, 0.3) is 6.08 Å². The average Bonchev–Trinajstić information content (AvgIpc) is 3.13.